The maximum Gasteiger partial charge on any atom is 0.405 e. The first-order chi connectivity index (χ1) is 14.9. The van der Waals surface area contributed by atoms with Crippen molar-refractivity contribution in [2.24, 2.45) is 0 Å². The van der Waals surface area contributed by atoms with Crippen LogP contribution in [0.3, 0.4) is 0 Å². The molecule has 0 aliphatic carbocycles. The number of carbonyl (C=O) groups is 2. The number of hydrogen-bond donors (Lipinski definition) is 2. The number of anilines is 1. The van der Waals surface area contributed by atoms with Crippen molar-refractivity contribution >= 4 is 17.7 Å². The van der Waals surface area contributed by atoms with Gasteiger partial charge < -0.3 is 20.1 Å². The minimum Gasteiger partial charge on any atom is -0.465 e. The molecule has 2 aliphatic rings. The van der Waals surface area contributed by atoms with Gasteiger partial charge in [0, 0.05) is 50.0 Å². The molecule has 9 nitrogen and oxygen atoms in total. The van der Waals surface area contributed by atoms with E-state index < -0.39 is 6.09 Å². The molecule has 0 bridgehead atoms. The first-order valence-corrected chi connectivity index (χ1v) is 10.7. The number of rotatable bonds is 5. The van der Waals surface area contributed by atoms with Crippen LogP contribution in [0, 0.1) is 0 Å². The molecule has 2 atom stereocenters. The molecular weight excluding hydrogens is 398 g/mol. The fourth-order valence-corrected chi connectivity index (χ4v) is 4.51. The topological polar surface area (TPSA) is 99.9 Å². The number of amides is 2. The van der Waals surface area contributed by atoms with E-state index in [9.17, 15) is 14.7 Å². The summed E-state index contributed by atoms with van der Waals surface area (Å²) in [5, 5.41) is 16.4. The maximum atomic E-state index is 12.2. The second-order valence-corrected chi connectivity index (χ2v) is 8.20. The molecule has 9 heteroatoms. The number of carbonyl (C=O) groups excluding carboxylic acids is 1. The number of nitrogens with zero attached hydrogens (tertiary/aromatic N) is 4. The van der Waals surface area contributed by atoms with Crippen molar-refractivity contribution in [2.75, 3.05) is 37.7 Å². The second-order valence-electron chi connectivity index (χ2n) is 8.20. The van der Waals surface area contributed by atoms with Crippen molar-refractivity contribution in [1.29, 1.82) is 0 Å². The minimum atomic E-state index is -1.07. The van der Waals surface area contributed by atoms with Gasteiger partial charge >= 0.3 is 6.09 Å². The summed E-state index contributed by atoms with van der Waals surface area (Å²) in [6.07, 6.45) is 3.30. The van der Waals surface area contributed by atoms with Gasteiger partial charge in [0.15, 0.2) is 0 Å². The highest BCUT2D eigenvalue weighted by molar-refractivity contribution is 5.94. The van der Waals surface area contributed by atoms with Crippen LogP contribution in [0.1, 0.15) is 31.9 Å². The molecule has 1 aromatic heterocycles. The Morgan fingerprint density at radius 1 is 1.23 bits per heavy atom. The van der Waals surface area contributed by atoms with Gasteiger partial charge in [0.2, 0.25) is 5.91 Å². The van der Waals surface area contributed by atoms with Gasteiger partial charge in [0.1, 0.15) is 0 Å². The van der Waals surface area contributed by atoms with Crippen LogP contribution in [0.4, 0.5) is 10.5 Å². The van der Waals surface area contributed by atoms with E-state index in [4.69, 9.17) is 4.74 Å². The predicted octanol–water partition coefficient (Wildman–Crippen LogP) is 2.34. The molecule has 1 saturated heterocycles. The molecule has 1 fully saturated rings. The van der Waals surface area contributed by atoms with E-state index in [1.807, 2.05) is 42.2 Å². The summed E-state index contributed by atoms with van der Waals surface area (Å²) in [4.78, 5) is 27.7. The Morgan fingerprint density at radius 3 is 2.71 bits per heavy atom. The molecular formula is C22H29N5O4. The molecule has 2 aromatic rings. The SMILES string of the molecule is CC(=O)N1c2ccc(-c3cnn(CCN4CCOCC4)c3)cc2C(NC(=O)O)CC1C. The molecule has 0 saturated carbocycles. The zero-order valence-electron chi connectivity index (χ0n) is 18.0. The normalized spacial score (nSPS) is 21.5. The van der Waals surface area contributed by atoms with Gasteiger partial charge in [-0.15, -0.1) is 0 Å². The van der Waals surface area contributed by atoms with Crippen molar-refractivity contribution in [2.45, 2.75) is 38.9 Å². The van der Waals surface area contributed by atoms with Crippen molar-refractivity contribution in [3.8, 4) is 11.1 Å². The number of benzene rings is 1. The van der Waals surface area contributed by atoms with E-state index in [0.29, 0.717) is 6.42 Å². The molecule has 1 aromatic carbocycles. The van der Waals surface area contributed by atoms with E-state index in [2.05, 4.69) is 15.3 Å². The minimum absolute atomic E-state index is 0.0498. The predicted molar refractivity (Wildman–Crippen MR) is 116 cm³/mol. The Hall–Kier alpha value is -2.91. The lowest BCUT2D eigenvalue weighted by Crippen LogP contribution is -2.45. The van der Waals surface area contributed by atoms with Crippen LogP contribution < -0.4 is 10.2 Å². The van der Waals surface area contributed by atoms with Crippen molar-refractivity contribution in [3.05, 3.63) is 36.2 Å². The van der Waals surface area contributed by atoms with Gasteiger partial charge in [-0.25, -0.2) is 4.79 Å². The number of morpholine rings is 1. The second kappa shape index (κ2) is 9.07. The van der Waals surface area contributed by atoms with Crippen LogP contribution in [-0.2, 0) is 16.1 Å². The lowest BCUT2D eigenvalue weighted by atomic mass is 9.89. The molecule has 2 N–H and O–H groups in total. The Kier molecular flexibility index (Phi) is 6.24. The Balaban J connectivity index is 1.56. The molecule has 3 heterocycles. The van der Waals surface area contributed by atoms with Gasteiger partial charge in [-0.05, 0) is 36.6 Å². The van der Waals surface area contributed by atoms with Crippen LogP contribution >= 0.6 is 0 Å². The first kappa shape index (κ1) is 21.3. The summed E-state index contributed by atoms with van der Waals surface area (Å²) >= 11 is 0. The van der Waals surface area contributed by atoms with Gasteiger partial charge in [-0.2, -0.15) is 5.10 Å². The number of aromatic nitrogens is 2. The van der Waals surface area contributed by atoms with Crippen molar-refractivity contribution in [1.82, 2.24) is 20.0 Å². The highest BCUT2D eigenvalue weighted by Gasteiger charge is 2.33. The standard InChI is InChI=1S/C22H29N5O4/c1-15-11-20(24-22(29)30)19-12-17(3-4-21(19)27(15)16(2)28)18-13-23-26(14-18)6-5-25-7-9-31-10-8-25/h3-4,12-15,20,24H,5-11H2,1-2H3,(H,29,30). The number of fused-ring (bicyclic) bond motifs is 1. The number of nitrogens with one attached hydrogen (secondary N) is 1. The average Bonchev–Trinajstić information content (AvgIpc) is 3.21. The fourth-order valence-electron chi connectivity index (χ4n) is 4.51. The highest BCUT2D eigenvalue weighted by atomic mass is 16.5. The molecule has 2 amide bonds. The quantitative estimate of drug-likeness (QED) is 0.760. The highest BCUT2D eigenvalue weighted by Crippen LogP contribution is 2.39. The van der Waals surface area contributed by atoms with E-state index in [1.54, 1.807) is 4.90 Å². The van der Waals surface area contributed by atoms with Gasteiger partial charge in [0.25, 0.3) is 0 Å². The molecule has 4 rings (SSSR count). The third-order valence-corrected chi connectivity index (χ3v) is 6.03. The van der Waals surface area contributed by atoms with Crippen molar-refractivity contribution in [3.63, 3.8) is 0 Å². The fraction of sp³-hybridized carbons (Fsp3) is 0.500. The summed E-state index contributed by atoms with van der Waals surface area (Å²) in [7, 11) is 0. The van der Waals surface area contributed by atoms with Crippen LogP contribution in [0.15, 0.2) is 30.6 Å². The number of ether oxygens (including phenoxy) is 1. The Bertz CT molecular complexity index is 953. The Labute approximate surface area is 181 Å². The molecule has 0 radical (unpaired) electrons. The lowest BCUT2D eigenvalue weighted by Gasteiger charge is -2.39. The number of carboxylic acid groups (broad SMARTS) is 1. The molecule has 2 aliphatic heterocycles. The molecule has 2 unspecified atom stereocenters. The zero-order valence-corrected chi connectivity index (χ0v) is 18.0. The van der Waals surface area contributed by atoms with Crippen LogP contribution in [0.2, 0.25) is 0 Å². The largest absolute Gasteiger partial charge is 0.465 e. The van der Waals surface area contributed by atoms with E-state index in [1.165, 1.54) is 6.92 Å². The number of hydrogen-bond acceptors (Lipinski definition) is 5. The van der Waals surface area contributed by atoms with Gasteiger partial charge in [-0.1, -0.05) is 6.07 Å². The smallest absolute Gasteiger partial charge is 0.405 e. The molecule has 166 valence electrons. The summed E-state index contributed by atoms with van der Waals surface area (Å²) in [5.74, 6) is -0.0498. The average molecular weight is 428 g/mol. The van der Waals surface area contributed by atoms with E-state index >= 15 is 0 Å². The maximum absolute atomic E-state index is 12.2. The zero-order chi connectivity index (χ0) is 22.0. The molecule has 0 spiro atoms. The van der Waals surface area contributed by atoms with Gasteiger partial charge in [-0.3, -0.25) is 14.4 Å². The monoisotopic (exact) mass is 427 g/mol. The summed E-state index contributed by atoms with van der Waals surface area (Å²) in [6.45, 7) is 8.64. The summed E-state index contributed by atoms with van der Waals surface area (Å²) in [5.41, 5.74) is 3.49. The summed E-state index contributed by atoms with van der Waals surface area (Å²) < 4.78 is 7.32. The summed E-state index contributed by atoms with van der Waals surface area (Å²) in [6, 6.07) is 5.39. The van der Waals surface area contributed by atoms with Crippen LogP contribution in [-0.4, -0.2) is 70.7 Å². The van der Waals surface area contributed by atoms with E-state index in [0.717, 1.165) is 61.8 Å². The third kappa shape index (κ3) is 4.72. The van der Waals surface area contributed by atoms with E-state index in [-0.39, 0.29) is 18.0 Å². The first-order valence-electron chi connectivity index (χ1n) is 10.7. The van der Waals surface area contributed by atoms with Crippen molar-refractivity contribution < 1.29 is 19.4 Å². The molecule has 31 heavy (non-hydrogen) atoms. The Morgan fingerprint density at radius 2 is 2.00 bits per heavy atom. The lowest BCUT2D eigenvalue weighted by molar-refractivity contribution is -0.117. The van der Waals surface area contributed by atoms with Gasteiger partial charge in [0.05, 0.1) is 32.0 Å². The third-order valence-electron chi connectivity index (χ3n) is 6.03. The van der Waals surface area contributed by atoms with Crippen LogP contribution in [0.5, 0.6) is 0 Å². The van der Waals surface area contributed by atoms with Crippen LogP contribution in [0.25, 0.3) is 11.1 Å².